The Hall–Kier alpha value is -1.25. The number of rotatable bonds is 4. The Morgan fingerprint density at radius 3 is 2.81 bits per heavy atom. The van der Waals surface area contributed by atoms with Gasteiger partial charge in [-0.25, -0.2) is 4.39 Å². The topological polar surface area (TPSA) is 30.0 Å². The van der Waals surface area contributed by atoms with Crippen LogP contribution in [0.4, 0.5) is 4.39 Å². The molecule has 1 aliphatic rings. The van der Waals surface area contributed by atoms with Crippen molar-refractivity contribution in [3.8, 4) is 0 Å². The van der Waals surface area contributed by atoms with Gasteiger partial charge in [0.1, 0.15) is 11.6 Å². The molecule has 0 saturated heterocycles. The Labute approximate surface area is 94.9 Å². The number of aromatic nitrogens is 1. The van der Waals surface area contributed by atoms with E-state index in [0.29, 0.717) is 18.6 Å². The first kappa shape index (κ1) is 11.2. The number of Topliss-reactive ketones (excluding diaryl/α,β-unsaturated/α-hetero) is 1. The number of nitrogens with zero attached hydrogens (tertiary/aromatic N) is 1. The summed E-state index contributed by atoms with van der Waals surface area (Å²) in [4.78, 5) is 15.6. The fourth-order valence-corrected chi connectivity index (χ4v) is 2.31. The van der Waals surface area contributed by atoms with Gasteiger partial charge in [-0.15, -0.1) is 0 Å². The van der Waals surface area contributed by atoms with E-state index < -0.39 is 0 Å². The first-order valence-corrected chi connectivity index (χ1v) is 5.88. The molecule has 1 fully saturated rings. The molecule has 1 aromatic heterocycles. The Balaban J connectivity index is 1.84. The van der Waals surface area contributed by atoms with Gasteiger partial charge in [0.05, 0.1) is 6.20 Å². The van der Waals surface area contributed by atoms with Crippen LogP contribution in [0.25, 0.3) is 0 Å². The third-order valence-corrected chi connectivity index (χ3v) is 3.23. The maximum atomic E-state index is 12.8. The van der Waals surface area contributed by atoms with Crippen LogP contribution in [0, 0.1) is 11.7 Å². The van der Waals surface area contributed by atoms with Crippen molar-refractivity contribution in [3.05, 3.63) is 29.8 Å². The molecule has 3 heteroatoms. The zero-order chi connectivity index (χ0) is 11.4. The summed E-state index contributed by atoms with van der Waals surface area (Å²) in [6, 6.07) is 1.45. The van der Waals surface area contributed by atoms with Crippen LogP contribution >= 0.6 is 0 Å². The molecule has 0 bridgehead atoms. The Morgan fingerprint density at radius 1 is 1.38 bits per heavy atom. The molecule has 1 aromatic rings. The number of pyridine rings is 1. The van der Waals surface area contributed by atoms with Gasteiger partial charge in [0.25, 0.3) is 0 Å². The van der Waals surface area contributed by atoms with E-state index in [9.17, 15) is 9.18 Å². The van der Waals surface area contributed by atoms with Crippen molar-refractivity contribution in [1.82, 2.24) is 4.98 Å². The second kappa shape index (κ2) is 5.19. The van der Waals surface area contributed by atoms with Gasteiger partial charge >= 0.3 is 0 Å². The van der Waals surface area contributed by atoms with Crippen LogP contribution in [0.2, 0.25) is 0 Å². The normalized spacial score (nSPS) is 16.6. The third-order valence-electron chi connectivity index (χ3n) is 3.23. The molecule has 1 heterocycles. The highest BCUT2D eigenvalue weighted by atomic mass is 19.1. The second-order valence-electron chi connectivity index (χ2n) is 4.46. The maximum Gasteiger partial charge on any atom is 0.141 e. The fraction of sp³-hybridized carbons (Fsp3) is 0.538. The van der Waals surface area contributed by atoms with Gasteiger partial charge in [-0.05, 0) is 30.9 Å². The van der Waals surface area contributed by atoms with Crippen LogP contribution in [-0.2, 0) is 11.2 Å². The van der Waals surface area contributed by atoms with Gasteiger partial charge in [0.2, 0.25) is 0 Å². The van der Waals surface area contributed by atoms with E-state index in [2.05, 4.69) is 4.98 Å². The fourth-order valence-electron chi connectivity index (χ4n) is 2.31. The highest BCUT2D eigenvalue weighted by Gasteiger charge is 2.21. The van der Waals surface area contributed by atoms with Gasteiger partial charge in [0.15, 0.2) is 0 Å². The average Bonchev–Trinajstić information content (AvgIpc) is 2.79. The van der Waals surface area contributed by atoms with Crippen molar-refractivity contribution >= 4 is 5.78 Å². The molecule has 16 heavy (non-hydrogen) atoms. The minimum absolute atomic E-state index is 0.265. The molecule has 0 unspecified atom stereocenters. The summed E-state index contributed by atoms with van der Waals surface area (Å²) in [5.74, 6) is 0.272. The highest BCUT2D eigenvalue weighted by Crippen LogP contribution is 2.26. The van der Waals surface area contributed by atoms with Gasteiger partial charge in [-0.3, -0.25) is 9.78 Å². The van der Waals surface area contributed by atoms with Crippen LogP contribution in [-0.4, -0.2) is 10.8 Å². The molecule has 1 saturated carbocycles. The van der Waals surface area contributed by atoms with Crippen LogP contribution in [0.3, 0.4) is 0 Å². The standard InChI is InChI=1S/C13H16FNO/c14-12-7-10(8-15-9-12)5-6-13(16)11-3-1-2-4-11/h7-9,11H,1-6H2. The SMILES string of the molecule is O=C(CCc1cncc(F)c1)C1CCCC1. The first-order valence-electron chi connectivity index (χ1n) is 5.88. The number of carbonyl (C=O) groups is 1. The molecule has 0 aromatic carbocycles. The second-order valence-corrected chi connectivity index (χ2v) is 4.46. The van der Waals surface area contributed by atoms with Gasteiger partial charge in [0, 0.05) is 18.5 Å². The maximum absolute atomic E-state index is 12.8. The summed E-state index contributed by atoms with van der Waals surface area (Å²) in [5.41, 5.74) is 0.811. The summed E-state index contributed by atoms with van der Waals surface area (Å²) in [5, 5.41) is 0. The van der Waals surface area contributed by atoms with Gasteiger partial charge in [-0.2, -0.15) is 0 Å². The monoisotopic (exact) mass is 221 g/mol. The molecule has 0 spiro atoms. The van der Waals surface area contributed by atoms with E-state index in [4.69, 9.17) is 0 Å². The van der Waals surface area contributed by atoms with Gasteiger partial charge in [-0.1, -0.05) is 12.8 Å². The Kier molecular flexibility index (Phi) is 3.65. The quantitative estimate of drug-likeness (QED) is 0.782. The summed E-state index contributed by atoms with van der Waals surface area (Å²) in [6.07, 6.45) is 8.39. The minimum Gasteiger partial charge on any atom is -0.299 e. The lowest BCUT2D eigenvalue weighted by Gasteiger charge is -2.07. The molecule has 0 atom stereocenters. The van der Waals surface area contributed by atoms with E-state index in [-0.39, 0.29) is 11.7 Å². The number of hydrogen-bond acceptors (Lipinski definition) is 2. The first-order chi connectivity index (χ1) is 7.75. The van der Waals surface area contributed by atoms with E-state index in [0.717, 1.165) is 18.4 Å². The Morgan fingerprint density at radius 2 is 2.12 bits per heavy atom. The van der Waals surface area contributed by atoms with Gasteiger partial charge < -0.3 is 0 Å². The predicted octanol–water partition coefficient (Wildman–Crippen LogP) is 2.91. The Bertz CT molecular complexity index is 372. The van der Waals surface area contributed by atoms with Crippen LogP contribution in [0.1, 0.15) is 37.7 Å². The van der Waals surface area contributed by atoms with Crippen LogP contribution in [0.15, 0.2) is 18.5 Å². The van der Waals surface area contributed by atoms with Crippen molar-refractivity contribution in [1.29, 1.82) is 0 Å². The highest BCUT2D eigenvalue weighted by molar-refractivity contribution is 5.81. The lowest BCUT2D eigenvalue weighted by molar-refractivity contribution is -0.122. The average molecular weight is 221 g/mol. The number of halogens is 1. The van der Waals surface area contributed by atoms with Crippen molar-refractivity contribution in [2.75, 3.05) is 0 Å². The molecule has 0 radical (unpaired) electrons. The van der Waals surface area contributed by atoms with Crippen molar-refractivity contribution in [3.63, 3.8) is 0 Å². The molecule has 2 nitrogen and oxygen atoms in total. The van der Waals surface area contributed by atoms with Crippen molar-refractivity contribution in [2.45, 2.75) is 38.5 Å². The van der Waals surface area contributed by atoms with Crippen molar-refractivity contribution < 1.29 is 9.18 Å². The van der Waals surface area contributed by atoms with E-state index in [1.54, 1.807) is 6.20 Å². The van der Waals surface area contributed by atoms with E-state index in [1.165, 1.54) is 25.1 Å². The number of hydrogen-bond donors (Lipinski definition) is 0. The number of carbonyl (C=O) groups excluding carboxylic acids is 1. The number of ketones is 1. The van der Waals surface area contributed by atoms with Crippen molar-refractivity contribution in [2.24, 2.45) is 5.92 Å². The predicted molar refractivity (Wildman–Crippen MR) is 59.5 cm³/mol. The van der Waals surface area contributed by atoms with Crippen LogP contribution < -0.4 is 0 Å². The molecule has 2 rings (SSSR count). The minimum atomic E-state index is -0.328. The largest absolute Gasteiger partial charge is 0.299 e. The molecule has 86 valence electrons. The molecular weight excluding hydrogens is 205 g/mol. The zero-order valence-electron chi connectivity index (χ0n) is 9.29. The van der Waals surface area contributed by atoms with Crippen LogP contribution in [0.5, 0.6) is 0 Å². The summed E-state index contributed by atoms with van der Waals surface area (Å²) < 4.78 is 12.8. The summed E-state index contributed by atoms with van der Waals surface area (Å²) in [7, 11) is 0. The molecule has 0 aliphatic heterocycles. The van der Waals surface area contributed by atoms with E-state index in [1.807, 2.05) is 0 Å². The number of aryl methyl sites for hydroxylation is 1. The zero-order valence-corrected chi connectivity index (χ0v) is 9.29. The molecule has 0 N–H and O–H groups in total. The lowest BCUT2D eigenvalue weighted by atomic mass is 9.97. The molecule has 0 amide bonds. The molecular formula is C13H16FNO. The van der Waals surface area contributed by atoms with E-state index >= 15 is 0 Å². The summed E-state index contributed by atoms with van der Waals surface area (Å²) in [6.45, 7) is 0. The third kappa shape index (κ3) is 2.87. The lowest BCUT2D eigenvalue weighted by Crippen LogP contribution is -2.11. The summed E-state index contributed by atoms with van der Waals surface area (Å²) >= 11 is 0. The molecule has 1 aliphatic carbocycles. The smallest absolute Gasteiger partial charge is 0.141 e.